The molecule has 0 bridgehead atoms. The van der Waals surface area contributed by atoms with E-state index < -0.39 is 0 Å². The lowest BCUT2D eigenvalue weighted by Gasteiger charge is -2.31. The highest BCUT2D eigenvalue weighted by Gasteiger charge is 2.22. The van der Waals surface area contributed by atoms with E-state index in [1.807, 2.05) is 25.1 Å². The van der Waals surface area contributed by atoms with Crippen LogP contribution in [0.2, 0.25) is 0 Å². The van der Waals surface area contributed by atoms with Gasteiger partial charge in [-0.1, -0.05) is 19.3 Å². The van der Waals surface area contributed by atoms with E-state index in [-0.39, 0.29) is 12.5 Å². The van der Waals surface area contributed by atoms with Crippen molar-refractivity contribution in [2.45, 2.75) is 51.6 Å². The third-order valence-corrected chi connectivity index (χ3v) is 3.80. The number of likely N-dealkylation sites (N-methyl/N-ethyl adjacent to an activating group) is 1. The Bertz CT molecular complexity index is 401. The third-order valence-electron chi connectivity index (χ3n) is 3.80. The Morgan fingerprint density at radius 1 is 1.50 bits per heavy atom. The average molecular weight is 250 g/mol. The van der Waals surface area contributed by atoms with Crippen LogP contribution in [-0.4, -0.2) is 33.7 Å². The maximum atomic E-state index is 12.2. The van der Waals surface area contributed by atoms with Gasteiger partial charge in [0.2, 0.25) is 5.91 Å². The zero-order valence-corrected chi connectivity index (χ0v) is 11.2. The van der Waals surface area contributed by atoms with E-state index in [0.29, 0.717) is 11.9 Å². The molecule has 18 heavy (non-hydrogen) atoms. The molecule has 0 aromatic carbocycles. The van der Waals surface area contributed by atoms with Gasteiger partial charge in [-0.3, -0.25) is 9.48 Å². The SMILES string of the molecule is Cc1cn(CC(=O)N(C)C2CCCCC2)nc1N. The van der Waals surface area contributed by atoms with Crippen molar-refractivity contribution in [3.8, 4) is 0 Å². The van der Waals surface area contributed by atoms with Gasteiger partial charge in [-0.25, -0.2) is 0 Å². The highest BCUT2D eigenvalue weighted by molar-refractivity contribution is 5.76. The summed E-state index contributed by atoms with van der Waals surface area (Å²) in [7, 11) is 1.90. The maximum absolute atomic E-state index is 12.2. The van der Waals surface area contributed by atoms with E-state index in [4.69, 9.17) is 5.73 Å². The van der Waals surface area contributed by atoms with Crippen molar-refractivity contribution < 1.29 is 4.79 Å². The second-order valence-electron chi connectivity index (χ2n) is 5.19. The molecular formula is C13H22N4O. The standard InChI is InChI=1S/C13H22N4O/c1-10-8-17(15-13(10)14)9-12(18)16(2)11-6-4-3-5-7-11/h8,11H,3-7,9H2,1-2H3,(H2,14,15). The number of hydrogen-bond donors (Lipinski definition) is 1. The minimum atomic E-state index is 0.115. The molecule has 2 N–H and O–H groups in total. The molecule has 5 heteroatoms. The molecule has 2 rings (SSSR count). The predicted molar refractivity (Wildman–Crippen MR) is 71.0 cm³/mol. The van der Waals surface area contributed by atoms with E-state index in [2.05, 4.69) is 5.10 Å². The molecule has 1 aliphatic carbocycles. The van der Waals surface area contributed by atoms with E-state index >= 15 is 0 Å². The lowest BCUT2D eigenvalue weighted by molar-refractivity contribution is -0.133. The van der Waals surface area contributed by atoms with Gasteiger partial charge in [0.15, 0.2) is 0 Å². The zero-order chi connectivity index (χ0) is 13.1. The molecule has 0 radical (unpaired) electrons. The largest absolute Gasteiger partial charge is 0.382 e. The normalized spacial score (nSPS) is 16.8. The fourth-order valence-electron chi connectivity index (χ4n) is 2.54. The van der Waals surface area contributed by atoms with Crippen LogP contribution < -0.4 is 5.73 Å². The molecule has 1 saturated carbocycles. The predicted octanol–water partition coefficient (Wildman–Crippen LogP) is 1.56. The summed E-state index contributed by atoms with van der Waals surface area (Å²) < 4.78 is 1.63. The quantitative estimate of drug-likeness (QED) is 0.885. The minimum Gasteiger partial charge on any atom is -0.382 e. The van der Waals surface area contributed by atoms with Crippen molar-refractivity contribution in [3.63, 3.8) is 0 Å². The van der Waals surface area contributed by atoms with Crippen molar-refractivity contribution in [2.75, 3.05) is 12.8 Å². The Balaban J connectivity index is 1.94. The van der Waals surface area contributed by atoms with E-state index in [1.54, 1.807) is 4.68 Å². The molecule has 0 spiro atoms. The summed E-state index contributed by atoms with van der Waals surface area (Å²) in [4.78, 5) is 14.0. The highest BCUT2D eigenvalue weighted by Crippen LogP contribution is 2.21. The van der Waals surface area contributed by atoms with Gasteiger partial charge >= 0.3 is 0 Å². The van der Waals surface area contributed by atoms with Gasteiger partial charge in [0, 0.05) is 24.8 Å². The molecule has 0 unspecified atom stereocenters. The van der Waals surface area contributed by atoms with Gasteiger partial charge < -0.3 is 10.6 Å². The van der Waals surface area contributed by atoms with Gasteiger partial charge in [0.25, 0.3) is 0 Å². The molecule has 1 fully saturated rings. The number of aromatic nitrogens is 2. The molecule has 0 aliphatic heterocycles. The third kappa shape index (κ3) is 2.83. The van der Waals surface area contributed by atoms with Crippen LogP contribution in [0.4, 0.5) is 5.82 Å². The molecule has 1 aliphatic rings. The summed E-state index contributed by atoms with van der Waals surface area (Å²) in [6.07, 6.45) is 7.84. The number of nitrogen functional groups attached to an aromatic ring is 1. The zero-order valence-electron chi connectivity index (χ0n) is 11.2. The summed E-state index contributed by atoms with van der Waals surface area (Å²) in [5.74, 6) is 0.618. The topological polar surface area (TPSA) is 64.2 Å². The summed E-state index contributed by atoms with van der Waals surface area (Å²) in [6.45, 7) is 2.18. The van der Waals surface area contributed by atoms with Gasteiger partial charge in [-0.15, -0.1) is 0 Å². The molecule has 0 saturated heterocycles. The number of nitrogens with two attached hydrogens (primary N) is 1. The fraction of sp³-hybridized carbons (Fsp3) is 0.692. The van der Waals surface area contributed by atoms with Crippen molar-refractivity contribution in [2.24, 2.45) is 0 Å². The van der Waals surface area contributed by atoms with Crippen LogP contribution in [0.5, 0.6) is 0 Å². The summed E-state index contributed by atoms with van der Waals surface area (Å²) in [6, 6.07) is 0.403. The van der Waals surface area contributed by atoms with Crippen molar-refractivity contribution >= 4 is 11.7 Å². The Hall–Kier alpha value is -1.52. The van der Waals surface area contributed by atoms with Crippen LogP contribution in [0.3, 0.4) is 0 Å². The molecule has 1 aromatic rings. The van der Waals surface area contributed by atoms with E-state index in [1.165, 1.54) is 19.3 Å². The summed E-state index contributed by atoms with van der Waals surface area (Å²) >= 11 is 0. The van der Waals surface area contributed by atoms with Gasteiger partial charge in [-0.2, -0.15) is 5.10 Å². The smallest absolute Gasteiger partial charge is 0.244 e. The number of amides is 1. The Morgan fingerprint density at radius 2 is 2.17 bits per heavy atom. The summed E-state index contributed by atoms with van der Waals surface area (Å²) in [5.41, 5.74) is 6.60. The van der Waals surface area contributed by atoms with Crippen molar-refractivity contribution in [1.82, 2.24) is 14.7 Å². The number of rotatable bonds is 3. The van der Waals surface area contributed by atoms with Crippen LogP contribution in [0.1, 0.15) is 37.7 Å². The van der Waals surface area contributed by atoms with Crippen molar-refractivity contribution in [1.29, 1.82) is 0 Å². The molecule has 100 valence electrons. The number of anilines is 1. The molecule has 1 amide bonds. The highest BCUT2D eigenvalue weighted by atomic mass is 16.2. The van der Waals surface area contributed by atoms with Crippen LogP contribution in [0.15, 0.2) is 6.20 Å². The first kappa shape index (κ1) is 12.9. The van der Waals surface area contributed by atoms with Crippen LogP contribution >= 0.6 is 0 Å². The second-order valence-corrected chi connectivity index (χ2v) is 5.19. The number of carbonyl (C=O) groups excluding carboxylic acids is 1. The van der Waals surface area contributed by atoms with Gasteiger partial charge in [0.1, 0.15) is 12.4 Å². The fourth-order valence-corrected chi connectivity index (χ4v) is 2.54. The minimum absolute atomic E-state index is 0.115. The molecular weight excluding hydrogens is 228 g/mol. The lowest BCUT2D eigenvalue weighted by Crippen LogP contribution is -2.40. The second kappa shape index (κ2) is 5.42. The van der Waals surface area contributed by atoms with E-state index in [0.717, 1.165) is 18.4 Å². The van der Waals surface area contributed by atoms with E-state index in [9.17, 15) is 4.79 Å². The molecule has 1 heterocycles. The van der Waals surface area contributed by atoms with Crippen LogP contribution in [0, 0.1) is 6.92 Å². The lowest BCUT2D eigenvalue weighted by atomic mass is 9.94. The van der Waals surface area contributed by atoms with Crippen molar-refractivity contribution in [3.05, 3.63) is 11.8 Å². The first-order valence-electron chi connectivity index (χ1n) is 6.63. The molecule has 1 aromatic heterocycles. The van der Waals surface area contributed by atoms with Gasteiger partial charge in [-0.05, 0) is 19.8 Å². The Morgan fingerprint density at radius 3 is 2.72 bits per heavy atom. The molecule has 5 nitrogen and oxygen atoms in total. The Kier molecular flexibility index (Phi) is 3.89. The van der Waals surface area contributed by atoms with Crippen LogP contribution in [0.25, 0.3) is 0 Å². The molecule has 0 atom stereocenters. The number of hydrogen-bond acceptors (Lipinski definition) is 3. The van der Waals surface area contributed by atoms with Gasteiger partial charge in [0.05, 0.1) is 0 Å². The monoisotopic (exact) mass is 250 g/mol. The number of nitrogens with zero attached hydrogens (tertiary/aromatic N) is 3. The Labute approximate surface area is 108 Å². The first-order chi connectivity index (χ1) is 8.58. The maximum Gasteiger partial charge on any atom is 0.244 e. The summed E-state index contributed by atoms with van der Waals surface area (Å²) in [5, 5.41) is 4.12. The number of carbonyl (C=O) groups is 1. The van der Waals surface area contributed by atoms with Crippen LogP contribution in [-0.2, 0) is 11.3 Å². The average Bonchev–Trinajstić information content (AvgIpc) is 2.68. The first-order valence-corrected chi connectivity index (χ1v) is 6.63. The number of aryl methyl sites for hydroxylation is 1.